The second kappa shape index (κ2) is 6.63. The minimum Gasteiger partial charge on any atom is -0.495 e. The van der Waals surface area contributed by atoms with Crippen molar-refractivity contribution >= 4 is 28.9 Å². The monoisotopic (exact) mass is 306 g/mol. The molecule has 0 atom stereocenters. The number of rotatable bonds is 5. The van der Waals surface area contributed by atoms with E-state index in [-0.39, 0.29) is 0 Å². The van der Waals surface area contributed by atoms with E-state index in [0.29, 0.717) is 28.5 Å². The second-order valence-electron chi connectivity index (χ2n) is 4.96. The Morgan fingerprint density at radius 3 is 2.48 bits per heavy atom. The zero-order valence-corrected chi connectivity index (χ0v) is 13.3. The van der Waals surface area contributed by atoms with E-state index < -0.39 is 0 Å². The molecule has 1 aromatic heterocycles. The molecule has 2 N–H and O–H groups in total. The average Bonchev–Trinajstić information content (AvgIpc) is 2.37. The van der Waals surface area contributed by atoms with Gasteiger partial charge in [-0.2, -0.15) is 0 Å². The lowest BCUT2D eigenvalue weighted by molar-refractivity contribution is 0.415. The standard InChI is InChI=1S/C15H19ClN4O/c1-9(2)17-14-8-15(19-10(3)18-14)20-11-5-6-13(21-4)12(16)7-11/h5-9H,1-4H3,(H2,17,18,19,20). The number of methoxy groups -OCH3 is 1. The topological polar surface area (TPSA) is 59.1 Å². The fourth-order valence-electron chi connectivity index (χ4n) is 1.89. The van der Waals surface area contributed by atoms with Gasteiger partial charge in [0.05, 0.1) is 12.1 Å². The number of hydrogen-bond donors (Lipinski definition) is 2. The molecule has 2 rings (SSSR count). The number of nitrogens with one attached hydrogen (secondary N) is 2. The molecule has 5 nitrogen and oxygen atoms in total. The van der Waals surface area contributed by atoms with Gasteiger partial charge in [-0.15, -0.1) is 0 Å². The van der Waals surface area contributed by atoms with Crippen LogP contribution in [-0.4, -0.2) is 23.1 Å². The predicted molar refractivity (Wildman–Crippen MR) is 86.8 cm³/mol. The van der Waals surface area contributed by atoms with Gasteiger partial charge >= 0.3 is 0 Å². The highest BCUT2D eigenvalue weighted by molar-refractivity contribution is 6.32. The highest BCUT2D eigenvalue weighted by Gasteiger charge is 2.06. The van der Waals surface area contributed by atoms with Gasteiger partial charge in [0.2, 0.25) is 0 Å². The Bertz CT molecular complexity index is 631. The molecule has 1 aromatic carbocycles. The molecule has 0 unspecified atom stereocenters. The highest BCUT2D eigenvalue weighted by atomic mass is 35.5. The fourth-order valence-corrected chi connectivity index (χ4v) is 2.15. The van der Waals surface area contributed by atoms with Gasteiger partial charge in [-0.1, -0.05) is 11.6 Å². The van der Waals surface area contributed by atoms with Gasteiger partial charge < -0.3 is 15.4 Å². The van der Waals surface area contributed by atoms with E-state index in [4.69, 9.17) is 16.3 Å². The quantitative estimate of drug-likeness (QED) is 0.874. The number of aromatic nitrogens is 2. The summed E-state index contributed by atoms with van der Waals surface area (Å²) in [6.07, 6.45) is 0. The van der Waals surface area contributed by atoms with Crippen molar-refractivity contribution in [3.05, 3.63) is 35.1 Å². The van der Waals surface area contributed by atoms with Crippen LogP contribution in [0.15, 0.2) is 24.3 Å². The van der Waals surface area contributed by atoms with Gasteiger partial charge in [-0.25, -0.2) is 9.97 Å². The van der Waals surface area contributed by atoms with E-state index >= 15 is 0 Å². The molecular weight excluding hydrogens is 288 g/mol. The zero-order valence-electron chi connectivity index (χ0n) is 12.6. The van der Waals surface area contributed by atoms with E-state index in [1.165, 1.54) is 0 Å². The lowest BCUT2D eigenvalue weighted by Crippen LogP contribution is -2.12. The summed E-state index contributed by atoms with van der Waals surface area (Å²) in [5.74, 6) is 2.84. The zero-order chi connectivity index (χ0) is 15.4. The van der Waals surface area contributed by atoms with Crippen molar-refractivity contribution in [3.63, 3.8) is 0 Å². The smallest absolute Gasteiger partial charge is 0.137 e. The first-order valence-electron chi connectivity index (χ1n) is 6.70. The number of hydrogen-bond acceptors (Lipinski definition) is 5. The number of nitrogens with zero attached hydrogens (tertiary/aromatic N) is 2. The lowest BCUT2D eigenvalue weighted by atomic mass is 10.3. The maximum absolute atomic E-state index is 6.12. The molecule has 0 aliphatic heterocycles. The molecular formula is C15H19ClN4O. The normalized spacial score (nSPS) is 10.6. The average molecular weight is 307 g/mol. The highest BCUT2D eigenvalue weighted by Crippen LogP contribution is 2.28. The summed E-state index contributed by atoms with van der Waals surface area (Å²) >= 11 is 6.12. The first kappa shape index (κ1) is 15.4. The Balaban J connectivity index is 2.22. The van der Waals surface area contributed by atoms with Gasteiger partial charge in [0.25, 0.3) is 0 Å². The van der Waals surface area contributed by atoms with Gasteiger partial charge in [-0.3, -0.25) is 0 Å². The van der Waals surface area contributed by atoms with E-state index in [0.717, 1.165) is 11.5 Å². The Labute approximate surface area is 129 Å². The van der Waals surface area contributed by atoms with Crippen LogP contribution in [0.3, 0.4) is 0 Å². The molecule has 2 aromatic rings. The lowest BCUT2D eigenvalue weighted by Gasteiger charge is -2.12. The molecule has 0 spiro atoms. The molecule has 0 fully saturated rings. The van der Waals surface area contributed by atoms with Crippen LogP contribution >= 0.6 is 11.6 Å². The first-order valence-corrected chi connectivity index (χ1v) is 7.08. The molecule has 0 bridgehead atoms. The SMILES string of the molecule is COc1ccc(Nc2cc(NC(C)C)nc(C)n2)cc1Cl. The molecule has 0 radical (unpaired) electrons. The summed E-state index contributed by atoms with van der Waals surface area (Å²) in [6.45, 7) is 5.99. The summed E-state index contributed by atoms with van der Waals surface area (Å²) in [7, 11) is 1.59. The van der Waals surface area contributed by atoms with E-state index in [1.807, 2.05) is 25.1 Å². The Hall–Kier alpha value is -2.01. The third kappa shape index (κ3) is 4.23. The summed E-state index contributed by atoms with van der Waals surface area (Å²) < 4.78 is 5.14. The van der Waals surface area contributed by atoms with Crippen LogP contribution in [-0.2, 0) is 0 Å². The van der Waals surface area contributed by atoms with Gasteiger partial charge in [0, 0.05) is 17.8 Å². The Morgan fingerprint density at radius 2 is 1.86 bits per heavy atom. The molecule has 6 heteroatoms. The van der Waals surface area contributed by atoms with Crippen LogP contribution in [0.5, 0.6) is 5.75 Å². The van der Waals surface area contributed by atoms with Gasteiger partial charge in [0.1, 0.15) is 23.2 Å². The van der Waals surface area contributed by atoms with Crippen molar-refractivity contribution < 1.29 is 4.74 Å². The van der Waals surface area contributed by atoms with Crippen LogP contribution < -0.4 is 15.4 Å². The number of ether oxygens (including phenoxy) is 1. The van der Waals surface area contributed by atoms with Crippen molar-refractivity contribution in [1.82, 2.24) is 9.97 Å². The third-order valence-corrected chi connectivity index (χ3v) is 2.99. The van der Waals surface area contributed by atoms with E-state index in [9.17, 15) is 0 Å². The second-order valence-corrected chi connectivity index (χ2v) is 5.37. The molecule has 0 saturated heterocycles. The van der Waals surface area contributed by atoms with Crippen LogP contribution in [0.25, 0.3) is 0 Å². The number of anilines is 3. The Kier molecular flexibility index (Phi) is 4.85. The summed E-state index contributed by atoms with van der Waals surface area (Å²) in [5, 5.41) is 7.03. The summed E-state index contributed by atoms with van der Waals surface area (Å²) in [5.41, 5.74) is 0.842. The molecule has 0 amide bonds. The maximum atomic E-state index is 6.12. The molecule has 0 saturated carbocycles. The third-order valence-electron chi connectivity index (χ3n) is 2.70. The number of benzene rings is 1. The van der Waals surface area contributed by atoms with Crippen LogP contribution in [0.1, 0.15) is 19.7 Å². The van der Waals surface area contributed by atoms with Crippen molar-refractivity contribution in [2.75, 3.05) is 17.7 Å². The minimum atomic E-state index is 0.308. The summed E-state index contributed by atoms with van der Waals surface area (Å²) in [4.78, 5) is 8.72. The van der Waals surface area contributed by atoms with Crippen LogP contribution in [0.4, 0.5) is 17.3 Å². The molecule has 112 valence electrons. The number of halogens is 1. The van der Waals surface area contributed by atoms with Crippen molar-refractivity contribution in [1.29, 1.82) is 0 Å². The van der Waals surface area contributed by atoms with Gasteiger partial charge in [0.15, 0.2) is 0 Å². The van der Waals surface area contributed by atoms with Crippen LogP contribution in [0, 0.1) is 6.92 Å². The van der Waals surface area contributed by atoms with E-state index in [1.54, 1.807) is 13.2 Å². The molecule has 0 aliphatic rings. The molecule has 21 heavy (non-hydrogen) atoms. The van der Waals surface area contributed by atoms with Crippen molar-refractivity contribution in [2.45, 2.75) is 26.8 Å². The van der Waals surface area contributed by atoms with Crippen molar-refractivity contribution in [2.24, 2.45) is 0 Å². The summed E-state index contributed by atoms with van der Waals surface area (Å²) in [6, 6.07) is 7.67. The predicted octanol–water partition coefficient (Wildman–Crippen LogP) is 4.01. The maximum Gasteiger partial charge on any atom is 0.137 e. The van der Waals surface area contributed by atoms with Crippen molar-refractivity contribution in [3.8, 4) is 5.75 Å². The number of aryl methyl sites for hydroxylation is 1. The largest absolute Gasteiger partial charge is 0.495 e. The van der Waals surface area contributed by atoms with Gasteiger partial charge in [-0.05, 0) is 39.0 Å². The first-order chi connectivity index (χ1) is 9.97. The van der Waals surface area contributed by atoms with Crippen LogP contribution in [0.2, 0.25) is 5.02 Å². The van der Waals surface area contributed by atoms with E-state index in [2.05, 4.69) is 34.4 Å². The molecule has 1 heterocycles. The fraction of sp³-hybridized carbons (Fsp3) is 0.333. The molecule has 0 aliphatic carbocycles. The minimum absolute atomic E-state index is 0.308. The Morgan fingerprint density at radius 1 is 1.14 bits per heavy atom.